The molecule has 1 heterocycles. The smallest absolute Gasteiger partial charge is 0.281 e. The van der Waals surface area contributed by atoms with E-state index in [0.29, 0.717) is 17.2 Å². The number of amides is 1. The first-order valence-corrected chi connectivity index (χ1v) is 10.8. The number of carbonyl (C=O) groups excluding carboxylic acids is 1. The lowest BCUT2D eigenvalue weighted by Crippen LogP contribution is -2.43. The Labute approximate surface area is 188 Å². The van der Waals surface area contributed by atoms with Gasteiger partial charge < -0.3 is 9.67 Å². The molecule has 0 spiro atoms. The molecule has 0 bridgehead atoms. The number of aromatic nitrogens is 1. The lowest BCUT2D eigenvalue weighted by molar-refractivity contribution is -0.136. The molecule has 4 aromatic rings. The molecule has 162 valence electrons. The number of hydrogen-bond donors (Lipinski definition) is 2. The van der Waals surface area contributed by atoms with Gasteiger partial charge in [-0.15, -0.1) is 0 Å². The monoisotopic (exact) mass is 425 g/mol. The maximum Gasteiger partial charge on any atom is 0.281 e. The van der Waals surface area contributed by atoms with Crippen molar-refractivity contribution in [3.8, 4) is 0 Å². The molecule has 0 radical (unpaired) electrons. The van der Waals surface area contributed by atoms with E-state index < -0.39 is 11.5 Å². The third-order valence-corrected chi connectivity index (χ3v) is 5.92. The fourth-order valence-corrected chi connectivity index (χ4v) is 3.92. The van der Waals surface area contributed by atoms with Crippen LogP contribution in [0.4, 0.5) is 0 Å². The quantitative estimate of drug-likeness (QED) is 0.323. The highest BCUT2D eigenvalue weighted by Gasteiger charge is 2.39. The maximum atomic E-state index is 13.2. The van der Waals surface area contributed by atoms with Gasteiger partial charge in [-0.05, 0) is 30.5 Å². The minimum absolute atomic E-state index is 0.345. The van der Waals surface area contributed by atoms with Gasteiger partial charge in [-0.1, -0.05) is 85.8 Å². The van der Waals surface area contributed by atoms with Crippen molar-refractivity contribution in [2.24, 2.45) is 5.10 Å². The van der Waals surface area contributed by atoms with E-state index in [2.05, 4.69) is 41.2 Å². The molecule has 1 amide bonds. The summed E-state index contributed by atoms with van der Waals surface area (Å²) >= 11 is 0. The first kappa shape index (κ1) is 21.5. The van der Waals surface area contributed by atoms with E-state index in [0.717, 1.165) is 22.9 Å². The second-order valence-electron chi connectivity index (χ2n) is 7.91. The molecule has 0 aliphatic carbocycles. The van der Waals surface area contributed by atoms with Crippen molar-refractivity contribution in [2.45, 2.75) is 31.9 Å². The Kier molecular flexibility index (Phi) is 6.19. The molecule has 4 rings (SSSR count). The van der Waals surface area contributed by atoms with Crippen molar-refractivity contribution in [3.05, 3.63) is 108 Å². The summed E-state index contributed by atoms with van der Waals surface area (Å²) in [5, 5.41) is 16.8. The van der Waals surface area contributed by atoms with Crippen LogP contribution in [-0.4, -0.2) is 21.8 Å². The Balaban J connectivity index is 1.65. The van der Waals surface area contributed by atoms with Gasteiger partial charge in [0.25, 0.3) is 5.91 Å². The number of nitrogens with zero attached hydrogens (tertiary/aromatic N) is 2. The molecule has 2 N–H and O–H groups in total. The molecule has 32 heavy (non-hydrogen) atoms. The van der Waals surface area contributed by atoms with Crippen molar-refractivity contribution in [3.63, 3.8) is 0 Å². The molecular weight excluding hydrogens is 398 g/mol. The Morgan fingerprint density at radius 1 is 1.00 bits per heavy atom. The highest BCUT2D eigenvalue weighted by atomic mass is 16.3. The van der Waals surface area contributed by atoms with E-state index in [-0.39, 0.29) is 0 Å². The topological polar surface area (TPSA) is 66.6 Å². The summed E-state index contributed by atoms with van der Waals surface area (Å²) in [7, 11) is 0. The van der Waals surface area contributed by atoms with Gasteiger partial charge >= 0.3 is 0 Å². The second kappa shape index (κ2) is 9.20. The Bertz CT molecular complexity index is 1190. The summed E-state index contributed by atoms with van der Waals surface area (Å²) < 4.78 is 2.22. The highest BCUT2D eigenvalue weighted by Crippen LogP contribution is 2.30. The predicted molar refractivity (Wildman–Crippen MR) is 129 cm³/mol. The molecule has 1 aromatic heterocycles. The summed E-state index contributed by atoms with van der Waals surface area (Å²) in [6.07, 6.45) is 4.69. The minimum atomic E-state index is -1.86. The number of fused-ring (bicyclic) bond motifs is 1. The van der Waals surface area contributed by atoms with Crippen LogP contribution in [0.1, 0.15) is 43.0 Å². The number of rotatable bonds is 7. The molecule has 3 aromatic carbocycles. The van der Waals surface area contributed by atoms with E-state index in [1.54, 1.807) is 54.7 Å². The third-order valence-electron chi connectivity index (χ3n) is 5.92. The van der Waals surface area contributed by atoms with Crippen LogP contribution in [0.2, 0.25) is 0 Å². The average molecular weight is 426 g/mol. The zero-order valence-corrected chi connectivity index (χ0v) is 18.3. The fraction of sp³-hybridized carbons (Fsp3) is 0.185. The Hall–Kier alpha value is -3.70. The largest absolute Gasteiger partial charge is 0.372 e. The SMILES string of the molecule is CC[C@@H](C)n1cc(/C=N\NC(=O)C(O)(c2ccccc2)c2ccccc2)c2ccccc21. The first-order valence-electron chi connectivity index (χ1n) is 10.8. The molecular formula is C27H27N3O2. The summed E-state index contributed by atoms with van der Waals surface area (Å²) in [5.74, 6) is -0.614. The molecule has 0 aliphatic rings. The van der Waals surface area contributed by atoms with Crippen LogP contribution in [-0.2, 0) is 10.4 Å². The van der Waals surface area contributed by atoms with Crippen LogP contribution in [0, 0.1) is 0 Å². The lowest BCUT2D eigenvalue weighted by Gasteiger charge is -2.27. The summed E-state index contributed by atoms with van der Waals surface area (Å²) in [6.45, 7) is 4.33. The summed E-state index contributed by atoms with van der Waals surface area (Å²) in [5.41, 5.74) is 3.69. The first-order chi connectivity index (χ1) is 15.6. The van der Waals surface area contributed by atoms with Gasteiger partial charge in [-0.2, -0.15) is 5.10 Å². The summed E-state index contributed by atoms with van der Waals surface area (Å²) in [6, 6.07) is 26.3. The van der Waals surface area contributed by atoms with Crippen molar-refractivity contribution in [1.82, 2.24) is 9.99 Å². The molecule has 5 heteroatoms. The average Bonchev–Trinajstić information content (AvgIpc) is 3.22. The molecule has 0 aliphatic heterocycles. The fourth-order valence-electron chi connectivity index (χ4n) is 3.92. The number of benzene rings is 3. The standard InChI is InChI=1S/C27H27N3O2/c1-3-20(2)30-19-21(24-16-10-11-17-25(24)30)18-28-29-26(31)27(32,22-12-6-4-7-13-22)23-14-8-5-9-15-23/h4-20,32H,3H2,1-2H3,(H,29,31)/b28-18-/t20-/m1/s1. The minimum Gasteiger partial charge on any atom is -0.372 e. The van der Waals surface area contributed by atoms with Gasteiger partial charge in [0.2, 0.25) is 0 Å². The van der Waals surface area contributed by atoms with Gasteiger partial charge in [0.1, 0.15) is 0 Å². The van der Waals surface area contributed by atoms with Crippen molar-refractivity contribution < 1.29 is 9.90 Å². The van der Waals surface area contributed by atoms with Crippen LogP contribution in [0.5, 0.6) is 0 Å². The number of carbonyl (C=O) groups is 1. The van der Waals surface area contributed by atoms with Crippen molar-refractivity contribution in [1.29, 1.82) is 0 Å². The maximum absolute atomic E-state index is 13.2. The zero-order chi connectivity index (χ0) is 22.6. The molecule has 1 atom stereocenters. The van der Waals surface area contributed by atoms with E-state index in [4.69, 9.17) is 0 Å². The Morgan fingerprint density at radius 2 is 1.56 bits per heavy atom. The highest BCUT2D eigenvalue weighted by molar-refractivity contribution is 6.00. The van der Waals surface area contributed by atoms with E-state index in [1.807, 2.05) is 30.3 Å². The molecule has 0 fully saturated rings. The van der Waals surface area contributed by atoms with Crippen LogP contribution in [0.25, 0.3) is 10.9 Å². The van der Waals surface area contributed by atoms with Gasteiger partial charge in [-0.25, -0.2) is 5.43 Å². The van der Waals surface area contributed by atoms with E-state index in [1.165, 1.54) is 0 Å². The lowest BCUT2D eigenvalue weighted by atomic mass is 9.85. The van der Waals surface area contributed by atoms with Crippen molar-refractivity contribution in [2.75, 3.05) is 0 Å². The molecule has 0 saturated carbocycles. The van der Waals surface area contributed by atoms with E-state index >= 15 is 0 Å². The number of hydrazone groups is 1. The molecule has 5 nitrogen and oxygen atoms in total. The third kappa shape index (κ3) is 3.95. The number of nitrogens with one attached hydrogen (secondary N) is 1. The number of para-hydroxylation sites is 1. The molecule has 0 unspecified atom stereocenters. The normalized spacial score (nSPS) is 12.8. The van der Waals surface area contributed by atoms with Gasteiger partial charge in [0.05, 0.1) is 6.21 Å². The molecule has 0 saturated heterocycles. The van der Waals surface area contributed by atoms with Gasteiger partial charge in [0.15, 0.2) is 5.60 Å². The van der Waals surface area contributed by atoms with Gasteiger partial charge in [-0.3, -0.25) is 4.79 Å². The van der Waals surface area contributed by atoms with Crippen LogP contribution >= 0.6 is 0 Å². The Morgan fingerprint density at radius 3 is 2.16 bits per heavy atom. The summed E-state index contributed by atoms with van der Waals surface area (Å²) in [4.78, 5) is 13.2. The van der Waals surface area contributed by atoms with Crippen molar-refractivity contribution >= 4 is 23.0 Å². The van der Waals surface area contributed by atoms with E-state index in [9.17, 15) is 9.90 Å². The van der Waals surface area contributed by atoms with Crippen LogP contribution in [0.3, 0.4) is 0 Å². The predicted octanol–water partition coefficient (Wildman–Crippen LogP) is 5.00. The van der Waals surface area contributed by atoms with Gasteiger partial charge in [0, 0.05) is 28.7 Å². The number of aliphatic hydroxyl groups is 1. The zero-order valence-electron chi connectivity index (χ0n) is 18.3. The number of hydrogen-bond acceptors (Lipinski definition) is 3. The van der Waals surface area contributed by atoms with Crippen LogP contribution < -0.4 is 5.43 Å². The van der Waals surface area contributed by atoms with Crippen LogP contribution in [0.15, 0.2) is 96.2 Å². The second-order valence-corrected chi connectivity index (χ2v) is 7.91.